The Labute approximate surface area is 199 Å². The summed E-state index contributed by atoms with van der Waals surface area (Å²) >= 11 is 1.32. The van der Waals surface area contributed by atoms with E-state index in [1.165, 1.54) is 17.8 Å². The van der Waals surface area contributed by atoms with Gasteiger partial charge in [0, 0.05) is 16.6 Å². The predicted molar refractivity (Wildman–Crippen MR) is 120 cm³/mol. The van der Waals surface area contributed by atoms with Gasteiger partial charge in [0.1, 0.15) is 18.2 Å². The van der Waals surface area contributed by atoms with E-state index in [9.17, 15) is 29.6 Å². The van der Waals surface area contributed by atoms with E-state index in [0.29, 0.717) is 22.8 Å². The van der Waals surface area contributed by atoms with Gasteiger partial charge in [0.2, 0.25) is 6.79 Å². The van der Waals surface area contributed by atoms with Gasteiger partial charge in [0.05, 0.1) is 17.5 Å². The highest BCUT2D eigenvalue weighted by Gasteiger charge is 2.27. The van der Waals surface area contributed by atoms with Crippen molar-refractivity contribution in [1.29, 1.82) is 0 Å². The van der Waals surface area contributed by atoms with Gasteiger partial charge < -0.3 is 34.7 Å². The average molecular weight is 502 g/mol. The molecule has 1 aromatic rings. The fourth-order valence-electron chi connectivity index (χ4n) is 2.77. The molecule has 2 amide bonds. The quantitative estimate of drug-likeness (QED) is 0.244. The molecule has 0 fully saturated rings. The lowest BCUT2D eigenvalue weighted by Crippen LogP contribution is -2.49. The van der Waals surface area contributed by atoms with Crippen LogP contribution in [0.5, 0.6) is 11.5 Å². The summed E-state index contributed by atoms with van der Waals surface area (Å²) in [6.45, 7) is 6.20. The number of carboxylic acid groups (broad SMARTS) is 1. The van der Waals surface area contributed by atoms with Gasteiger partial charge in [-0.25, -0.2) is 14.4 Å². The standard InChI is InChI=1S/C20H27N3O10S/c1-11(12-7-15-16(32-10-31-15)8-14(12)23(28)29)34-6-5-30-18(26)21-9-13(17(24)25)22-19(27)33-20(2,3)4/h7-8,11,13H,5-6,9-10H2,1-4H3,(H,21,26)(H,22,27)(H,24,25). The Hall–Kier alpha value is -3.42. The molecule has 13 nitrogen and oxygen atoms in total. The van der Waals surface area contributed by atoms with Crippen molar-refractivity contribution in [3.05, 3.63) is 27.8 Å². The number of carboxylic acids is 1. The number of carbonyl (C=O) groups excluding carboxylic acids is 2. The summed E-state index contributed by atoms with van der Waals surface area (Å²) < 4.78 is 20.5. The van der Waals surface area contributed by atoms with Crippen LogP contribution in [0.1, 0.15) is 38.5 Å². The first kappa shape index (κ1) is 26.8. The van der Waals surface area contributed by atoms with Gasteiger partial charge in [0.25, 0.3) is 5.69 Å². The third-order valence-electron chi connectivity index (χ3n) is 4.28. The van der Waals surface area contributed by atoms with Gasteiger partial charge in [-0.1, -0.05) is 0 Å². The van der Waals surface area contributed by atoms with Crippen LogP contribution in [0.25, 0.3) is 0 Å². The number of amides is 2. The second-order valence-electron chi connectivity index (χ2n) is 8.09. The van der Waals surface area contributed by atoms with Crippen molar-refractivity contribution in [3.63, 3.8) is 0 Å². The van der Waals surface area contributed by atoms with Crippen molar-refractivity contribution in [3.8, 4) is 11.5 Å². The fraction of sp³-hybridized carbons (Fsp3) is 0.550. The number of hydrogen-bond donors (Lipinski definition) is 3. The summed E-state index contributed by atoms with van der Waals surface area (Å²) in [4.78, 5) is 45.8. The molecule has 0 saturated heterocycles. The SMILES string of the molecule is CC(SCCOC(=O)NCC(NC(=O)OC(C)(C)C)C(=O)O)c1cc2c(cc1[N+](=O)[O-])OCO2. The molecule has 0 bridgehead atoms. The average Bonchev–Trinajstić information content (AvgIpc) is 3.19. The van der Waals surface area contributed by atoms with E-state index in [1.807, 2.05) is 0 Å². The van der Waals surface area contributed by atoms with Crippen molar-refractivity contribution < 1.29 is 43.4 Å². The van der Waals surface area contributed by atoms with Gasteiger partial charge in [-0.2, -0.15) is 11.8 Å². The molecule has 0 saturated carbocycles. The molecule has 0 spiro atoms. The first-order chi connectivity index (χ1) is 15.9. The monoisotopic (exact) mass is 501 g/mol. The van der Waals surface area contributed by atoms with Crippen LogP contribution >= 0.6 is 11.8 Å². The van der Waals surface area contributed by atoms with Crippen molar-refractivity contribution >= 4 is 35.6 Å². The van der Waals surface area contributed by atoms with Crippen LogP contribution in [0.2, 0.25) is 0 Å². The van der Waals surface area contributed by atoms with Crippen LogP contribution in [0.15, 0.2) is 12.1 Å². The summed E-state index contributed by atoms with van der Waals surface area (Å²) in [5, 5.41) is 24.7. The number of aliphatic carboxylic acids is 1. The molecule has 34 heavy (non-hydrogen) atoms. The normalized spacial score (nSPS) is 14.0. The number of hydrogen-bond acceptors (Lipinski definition) is 10. The van der Waals surface area contributed by atoms with E-state index >= 15 is 0 Å². The molecule has 2 rings (SSSR count). The van der Waals surface area contributed by atoms with Gasteiger partial charge in [0.15, 0.2) is 11.5 Å². The first-order valence-electron chi connectivity index (χ1n) is 10.2. The number of nitrogens with one attached hydrogen (secondary N) is 2. The zero-order valence-corrected chi connectivity index (χ0v) is 19.9. The lowest BCUT2D eigenvalue weighted by Gasteiger charge is -2.22. The van der Waals surface area contributed by atoms with Gasteiger partial charge >= 0.3 is 18.2 Å². The van der Waals surface area contributed by atoms with Crippen molar-refractivity contribution in [1.82, 2.24) is 10.6 Å². The highest BCUT2D eigenvalue weighted by atomic mass is 32.2. The van der Waals surface area contributed by atoms with Crippen LogP contribution < -0.4 is 20.1 Å². The molecule has 0 radical (unpaired) electrons. The third-order valence-corrected chi connectivity index (χ3v) is 5.44. The Kier molecular flexibility index (Phi) is 9.18. The summed E-state index contributed by atoms with van der Waals surface area (Å²) in [7, 11) is 0. The summed E-state index contributed by atoms with van der Waals surface area (Å²) in [6, 6.07) is 1.47. The van der Waals surface area contributed by atoms with Crippen LogP contribution in [-0.2, 0) is 14.3 Å². The second-order valence-corrected chi connectivity index (χ2v) is 9.54. The largest absolute Gasteiger partial charge is 0.480 e. The molecule has 1 aliphatic rings. The van der Waals surface area contributed by atoms with E-state index in [0.717, 1.165) is 0 Å². The molecule has 2 atom stereocenters. The number of alkyl carbamates (subject to hydrolysis) is 2. The van der Waals surface area contributed by atoms with Gasteiger partial charge in [-0.15, -0.1) is 0 Å². The van der Waals surface area contributed by atoms with Crippen LogP contribution in [0.3, 0.4) is 0 Å². The Morgan fingerprint density at radius 2 is 1.88 bits per heavy atom. The number of nitrogens with zero attached hydrogens (tertiary/aromatic N) is 1. The maximum atomic E-state index is 11.9. The highest BCUT2D eigenvalue weighted by Crippen LogP contribution is 2.43. The number of thioether (sulfide) groups is 1. The number of nitro groups is 1. The zero-order valence-electron chi connectivity index (χ0n) is 19.1. The number of ether oxygens (including phenoxy) is 4. The van der Waals surface area contributed by atoms with Gasteiger partial charge in [-0.05, 0) is 33.8 Å². The van der Waals surface area contributed by atoms with E-state index in [-0.39, 0.29) is 24.3 Å². The summed E-state index contributed by atoms with van der Waals surface area (Å²) in [6.07, 6.45) is -1.81. The van der Waals surface area contributed by atoms with E-state index < -0.39 is 41.3 Å². The summed E-state index contributed by atoms with van der Waals surface area (Å²) in [5.74, 6) is -0.301. The third kappa shape index (κ3) is 8.17. The Morgan fingerprint density at radius 3 is 2.47 bits per heavy atom. The number of carbonyl (C=O) groups is 3. The molecule has 188 valence electrons. The minimum atomic E-state index is -1.41. The van der Waals surface area contributed by atoms with Crippen molar-refractivity contribution in [2.75, 3.05) is 25.7 Å². The molecular weight excluding hydrogens is 474 g/mol. The van der Waals surface area contributed by atoms with E-state index in [2.05, 4.69) is 10.6 Å². The first-order valence-corrected chi connectivity index (χ1v) is 11.2. The molecule has 1 heterocycles. The number of fused-ring (bicyclic) bond motifs is 1. The van der Waals surface area contributed by atoms with E-state index in [4.69, 9.17) is 18.9 Å². The molecular formula is C20H27N3O10S. The molecule has 1 aliphatic heterocycles. The highest BCUT2D eigenvalue weighted by molar-refractivity contribution is 7.99. The Bertz CT molecular complexity index is 934. The van der Waals surface area contributed by atoms with Crippen LogP contribution in [0.4, 0.5) is 15.3 Å². The molecule has 3 N–H and O–H groups in total. The maximum Gasteiger partial charge on any atom is 0.408 e. The summed E-state index contributed by atoms with van der Waals surface area (Å²) in [5.41, 5.74) is -0.462. The minimum absolute atomic E-state index is 0.00353. The fourth-order valence-corrected chi connectivity index (χ4v) is 3.67. The van der Waals surface area contributed by atoms with Crippen molar-refractivity contribution in [2.45, 2.75) is 44.6 Å². The Balaban J connectivity index is 1.78. The number of benzene rings is 1. The van der Waals surface area contributed by atoms with E-state index in [1.54, 1.807) is 33.8 Å². The van der Waals surface area contributed by atoms with Crippen molar-refractivity contribution in [2.24, 2.45) is 0 Å². The zero-order chi connectivity index (χ0) is 25.5. The molecule has 1 aromatic carbocycles. The smallest absolute Gasteiger partial charge is 0.408 e. The maximum absolute atomic E-state index is 11.9. The predicted octanol–water partition coefficient (Wildman–Crippen LogP) is 2.82. The van der Waals surface area contributed by atoms with Crippen LogP contribution in [-0.4, -0.2) is 65.5 Å². The Morgan fingerprint density at radius 1 is 1.24 bits per heavy atom. The topological polar surface area (TPSA) is 176 Å². The van der Waals surface area contributed by atoms with Gasteiger partial charge in [-0.3, -0.25) is 10.1 Å². The molecule has 2 unspecified atom stereocenters. The number of nitro benzene ring substituents is 1. The number of rotatable bonds is 10. The molecule has 0 aromatic heterocycles. The molecule has 0 aliphatic carbocycles. The lowest BCUT2D eigenvalue weighted by molar-refractivity contribution is -0.385. The molecule has 14 heteroatoms. The van der Waals surface area contributed by atoms with Crippen LogP contribution in [0, 0.1) is 10.1 Å². The lowest BCUT2D eigenvalue weighted by atomic mass is 10.1. The minimum Gasteiger partial charge on any atom is -0.480 e. The second kappa shape index (κ2) is 11.6.